The summed E-state index contributed by atoms with van der Waals surface area (Å²) in [5, 5.41) is 3.72. The van der Waals surface area contributed by atoms with E-state index in [0.717, 1.165) is 4.47 Å². The van der Waals surface area contributed by atoms with Gasteiger partial charge in [-0.2, -0.15) is 0 Å². The van der Waals surface area contributed by atoms with Crippen LogP contribution < -0.4 is 5.32 Å². The summed E-state index contributed by atoms with van der Waals surface area (Å²) < 4.78 is 0.726. The average Bonchev–Trinajstić information content (AvgIpc) is 2.60. The van der Waals surface area contributed by atoms with E-state index in [0.29, 0.717) is 10.6 Å². The molecule has 1 aliphatic rings. The molecule has 18 heavy (non-hydrogen) atoms. The molecule has 0 heterocycles. The molecule has 1 aromatic rings. The predicted molar refractivity (Wildman–Crippen MR) is 78.0 cm³/mol. The Morgan fingerprint density at radius 1 is 1.28 bits per heavy atom. The predicted octanol–water partition coefficient (Wildman–Crippen LogP) is 4.27. The summed E-state index contributed by atoms with van der Waals surface area (Å²) >= 11 is 9.24. The van der Waals surface area contributed by atoms with Crippen molar-refractivity contribution in [3.05, 3.63) is 33.3 Å². The van der Waals surface area contributed by atoms with Crippen molar-refractivity contribution < 1.29 is 4.79 Å². The molecule has 1 fully saturated rings. The first kappa shape index (κ1) is 13.9. The van der Waals surface area contributed by atoms with E-state index >= 15 is 0 Å². The third-order valence-corrected chi connectivity index (χ3v) is 5.36. The molecule has 2 rings (SSSR count). The molecule has 1 aliphatic carbocycles. The van der Waals surface area contributed by atoms with Crippen molar-refractivity contribution in [2.75, 3.05) is 0 Å². The quantitative estimate of drug-likeness (QED) is 0.862. The number of carbonyl (C=O) groups is 1. The van der Waals surface area contributed by atoms with Gasteiger partial charge in [-0.1, -0.05) is 39.3 Å². The molecular weight excluding hydrogens is 314 g/mol. The van der Waals surface area contributed by atoms with Crippen LogP contribution >= 0.6 is 27.5 Å². The van der Waals surface area contributed by atoms with Gasteiger partial charge < -0.3 is 5.32 Å². The summed E-state index contributed by atoms with van der Waals surface area (Å²) in [6.07, 6.45) is 0. The number of halogens is 2. The Kier molecular flexibility index (Phi) is 3.27. The minimum Gasteiger partial charge on any atom is -0.348 e. The van der Waals surface area contributed by atoms with Gasteiger partial charge in [-0.05, 0) is 45.0 Å². The Labute approximate surface area is 121 Å². The maximum Gasteiger partial charge on any atom is 0.252 e. The molecule has 0 radical (unpaired) electrons. The van der Waals surface area contributed by atoms with E-state index in [1.165, 1.54) is 0 Å². The fraction of sp³-hybridized carbons (Fsp3) is 0.500. The molecule has 98 valence electrons. The van der Waals surface area contributed by atoms with E-state index in [-0.39, 0.29) is 22.8 Å². The molecule has 0 bridgehead atoms. The van der Waals surface area contributed by atoms with E-state index in [2.05, 4.69) is 48.9 Å². The molecule has 1 saturated carbocycles. The van der Waals surface area contributed by atoms with Gasteiger partial charge in [0.15, 0.2) is 0 Å². The normalized spacial score (nSPS) is 20.6. The zero-order chi connectivity index (χ0) is 13.7. The van der Waals surface area contributed by atoms with E-state index in [4.69, 9.17) is 11.6 Å². The van der Waals surface area contributed by atoms with Crippen LogP contribution in [0.2, 0.25) is 5.02 Å². The van der Waals surface area contributed by atoms with Gasteiger partial charge in [0.05, 0.1) is 5.56 Å². The van der Waals surface area contributed by atoms with Gasteiger partial charge in [-0.3, -0.25) is 4.79 Å². The van der Waals surface area contributed by atoms with Crippen molar-refractivity contribution in [2.24, 2.45) is 10.8 Å². The summed E-state index contributed by atoms with van der Waals surface area (Å²) in [6.45, 7) is 8.70. The van der Waals surface area contributed by atoms with Gasteiger partial charge in [0, 0.05) is 15.5 Å². The molecule has 0 spiro atoms. The topological polar surface area (TPSA) is 29.1 Å². The number of amides is 1. The van der Waals surface area contributed by atoms with Gasteiger partial charge in [0.2, 0.25) is 0 Å². The van der Waals surface area contributed by atoms with Crippen LogP contribution in [0, 0.1) is 10.8 Å². The third kappa shape index (κ3) is 2.08. The fourth-order valence-electron chi connectivity index (χ4n) is 2.44. The smallest absolute Gasteiger partial charge is 0.252 e. The highest BCUT2D eigenvalue weighted by molar-refractivity contribution is 9.10. The standard InChI is InChI=1S/C14H17BrClNO/c1-13(2)12(14(13,3)4)17-11(18)9-6-5-8(16)7-10(9)15/h5-7,12H,1-4H3,(H,17,18). The summed E-state index contributed by atoms with van der Waals surface area (Å²) in [6, 6.07) is 5.41. The fourth-order valence-corrected chi connectivity index (χ4v) is 3.30. The molecule has 0 unspecified atom stereocenters. The lowest BCUT2D eigenvalue weighted by Gasteiger charge is -2.08. The molecule has 0 aliphatic heterocycles. The van der Waals surface area contributed by atoms with Crippen molar-refractivity contribution in [2.45, 2.75) is 33.7 Å². The second kappa shape index (κ2) is 4.24. The highest BCUT2D eigenvalue weighted by atomic mass is 79.9. The highest BCUT2D eigenvalue weighted by Gasteiger charge is 2.65. The Morgan fingerprint density at radius 2 is 1.83 bits per heavy atom. The molecule has 1 N–H and O–H groups in total. The van der Waals surface area contributed by atoms with Gasteiger partial charge in [0.1, 0.15) is 0 Å². The lowest BCUT2D eigenvalue weighted by molar-refractivity contribution is 0.0943. The van der Waals surface area contributed by atoms with Crippen LogP contribution in [0.3, 0.4) is 0 Å². The summed E-state index contributed by atoms with van der Waals surface area (Å²) in [5.74, 6) is -0.0535. The molecule has 2 nitrogen and oxygen atoms in total. The first-order valence-corrected chi connectivity index (χ1v) is 7.11. The largest absolute Gasteiger partial charge is 0.348 e. The van der Waals surface area contributed by atoms with Crippen molar-refractivity contribution in [3.63, 3.8) is 0 Å². The van der Waals surface area contributed by atoms with Crippen molar-refractivity contribution in [3.8, 4) is 0 Å². The van der Waals surface area contributed by atoms with Gasteiger partial charge in [-0.15, -0.1) is 0 Å². The van der Waals surface area contributed by atoms with Crippen LogP contribution in [0.25, 0.3) is 0 Å². The van der Waals surface area contributed by atoms with Gasteiger partial charge >= 0.3 is 0 Å². The van der Waals surface area contributed by atoms with Crippen LogP contribution in [0.4, 0.5) is 0 Å². The number of hydrogen-bond donors (Lipinski definition) is 1. The van der Waals surface area contributed by atoms with Crippen LogP contribution in [0.15, 0.2) is 22.7 Å². The van der Waals surface area contributed by atoms with Gasteiger partial charge in [0.25, 0.3) is 5.91 Å². The number of carbonyl (C=O) groups excluding carboxylic acids is 1. The number of rotatable bonds is 2. The maximum absolute atomic E-state index is 12.2. The third-order valence-electron chi connectivity index (χ3n) is 4.47. The Morgan fingerprint density at radius 3 is 2.28 bits per heavy atom. The molecule has 1 aromatic carbocycles. The van der Waals surface area contributed by atoms with Crippen LogP contribution in [-0.2, 0) is 0 Å². The maximum atomic E-state index is 12.2. The lowest BCUT2D eigenvalue weighted by Crippen LogP contribution is -2.30. The molecule has 4 heteroatoms. The SMILES string of the molecule is CC1(C)C(NC(=O)c2ccc(Cl)cc2Br)C1(C)C. The van der Waals surface area contributed by atoms with E-state index in [9.17, 15) is 4.79 Å². The van der Waals surface area contributed by atoms with E-state index < -0.39 is 0 Å². The summed E-state index contributed by atoms with van der Waals surface area (Å²) in [5.41, 5.74) is 0.904. The van der Waals surface area contributed by atoms with Gasteiger partial charge in [-0.25, -0.2) is 0 Å². The monoisotopic (exact) mass is 329 g/mol. The Hall–Kier alpha value is -0.540. The van der Waals surface area contributed by atoms with E-state index in [1.807, 2.05) is 0 Å². The zero-order valence-electron chi connectivity index (χ0n) is 11.0. The molecule has 1 amide bonds. The molecular formula is C14H17BrClNO. The van der Waals surface area contributed by atoms with Crippen LogP contribution in [0.5, 0.6) is 0 Å². The first-order chi connectivity index (χ1) is 8.18. The van der Waals surface area contributed by atoms with E-state index in [1.54, 1.807) is 18.2 Å². The lowest BCUT2D eigenvalue weighted by atomic mass is 10.0. The number of nitrogens with one attached hydrogen (secondary N) is 1. The first-order valence-electron chi connectivity index (χ1n) is 5.94. The van der Waals surface area contributed by atoms with Crippen molar-refractivity contribution in [1.82, 2.24) is 5.32 Å². The Balaban J connectivity index is 2.15. The van der Waals surface area contributed by atoms with Crippen molar-refractivity contribution >= 4 is 33.4 Å². The zero-order valence-corrected chi connectivity index (χ0v) is 13.3. The van der Waals surface area contributed by atoms with Crippen LogP contribution in [-0.4, -0.2) is 11.9 Å². The van der Waals surface area contributed by atoms with Crippen LogP contribution in [0.1, 0.15) is 38.1 Å². The average molecular weight is 331 g/mol. The minimum absolute atomic E-state index is 0.0535. The molecule has 0 atom stereocenters. The second-order valence-electron chi connectivity index (χ2n) is 5.97. The summed E-state index contributed by atoms with van der Waals surface area (Å²) in [4.78, 5) is 12.2. The second-order valence-corrected chi connectivity index (χ2v) is 7.26. The number of benzene rings is 1. The summed E-state index contributed by atoms with van der Waals surface area (Å²) in [7, 11) is 0. The number of hydrogen-bond acceptors (Lipinski definition) is 1. The Bertz CT molecular complexity index is 497. The molecule has 0 aromatic heterocycles. The molecule has 0 saturated heterocycles. The van der Waals surface area contributed by atoms with Crippen molar-refractivity contribution in [1.29, 1.82) is 0 Å². The highest BCUT2D eigenvalue weighted by Crippen LogP contribution is 2.62. The minimum atomic E-state index is -0.0535.